The Kier molecular flexibility index (Phi) is 4.51. The van der Waals surface area contributed by atoms with Gasteiger partial charge in [0, 0.05) is 6.42 Å². The van der Waals surface area contributed by atoms with Crippen LogP contribution in [0.25, 0.3) is 0 Å². The number of Topliss-reactive ketones (excluding diaryl/α,β-unsaturated/α-hetero) is 1. The lowest BCUT2D eigenvalue weighted by atomic mass is 9.99. The molecule has 2 aromatic rings. The topological polar surface area (TPSA) is 26.3 Å². The normalized spacial score (nSPS) is 10.3. The molecule has 0 bridgehead atoms. The molecular weight excluding hydrogens is 255 g/mol. The average molecular weight is 272 g/mol. The molecule has 104 valence electrons. The fourth-order valence-electron chi connectivity index (χ4n) is 2.16. The fourth-order valence-corrected chi connectivity index (χ4v) is 2.16. The summed E-state index contributed by atoms with van der Waals surface area (Å²) in [5.41, 5.74) is 2.36. The molecule has 2 nitrogen and oxygen atoms in total. The molecule has 3 heteroatoms. The third-order valence-corrected chi connectivity index (χ3v) is 3.37. The van der Waals surface area contributed by atoms with E-state index in [2.05, 4.69) is 0 Å². The van der Waals surface area contributed by atoms with Gasteiger partial charge in [0.1, 0.15) is 0 Å². The number of rotatable bonds is 5. The highest BCUT2D eigenvalue weighted by molar-refractivity contribution is 5.96. The highest BCUT2D eigenvalue weighted by Gasteiger charge is 2.15. The van der Waals surface area contributed by atoms with Crippen molar-refractivity contribution >= 4 is 5.78 Å². The first-order chi connectivity index (χ1) is 9.63. The average Bonchev–Trinajstić information content (AvgIpc) is 2.46. The first-order valence-corrected chi connectivity index (χ1v) is 6.53. The molecule has 0 aromatic heterocycles. The van der Waals surface area contributed by atoms with E-state index in [1.54, 1.807) is 6.07 Å². The third-order valence-electron chi connectivity index (χ3n) is 3.37. The largest absolute Gasteiger partial charge is 0.494 e. The number of aryl methyl sites for hydroxylation is 2. The number of carbonyl (C=O) groups is 1. The molecule has 0 radical (unpaired) electrons. The molecule has 2 aromatic carbocycles. The van der Waals surface area contributed by atoms with Gasteiger partial charge in [-0.05, 0) is 36.6 Å². The highest BCUT2D eigenvalue weighted by atomic mass is 19.1. The first-order valence-electron chi connectivity index (χ1n) is 6.53. The summed E-state index contributed by atoms with van der Waals surface area (Å²) in [7, 11) is 1.39. The predicted octanol–water partition coefficient (Wildman–Crippen LogP) is 3.96. The number of hydrogen-bond acceptors (Lipinski definition) is 2. The number of halogens is 1. The van der Waals surface area contributed by atoms with Gasteiger partial charge in [0.25, 0.3) is 0 Å². The maximum absolute atomic E-state index is 14.0. The molecule has 0 unspecified atom stereocenters. The van der Waals surface area contributed by atoms with Crippen LogP contribution >= 0.6 is 0 Å². The Morgan fingerprint density at radius 2 is 1.90 bits per heavy atom. The van der Waals surface area contributed by atoms with Crippen LogP contribution in [0.15, 0.2) is 42.5 Å². The Balaban J connectivity index is 2.12. The number of carbonyl (C=O) groups excluding carboxylic acids is 1. The molecule has 0 saturated heterocycles. The second-order valence-electron chi connectivity index (χ2n) is 4.67. The smallest absolute Gasteiger partial charge is 0.175 e. The SMILES string of the molecule is COc1cccc(C(=O)CCc2ccccc2C)c1F. The number of ether oxygens (including phenoxy) is 1. The molecule has 2 rings (SSSR count). The quantitative estimate of drug-likeness (QED) is 0.770. The summed E-state index contributed by atoms with van der Waals surface area (Å²) in [6.07, 6.45) is 0.900. The summed E-state index contributed by atoms with van der Waals surface area (Å²) in [4.78, 5) is 12.1. The standard InChI is InChI=1S/C17H17FO2/c1-12-6-3-4-7-13(12)10-11-15(19)14-8-5-9-16(20-2)17(14)18/h3-9H,10-11H2,1-2H3. The van der Waals surface area contributed by atoms with E-state index in [0.29, 0.717) is 6.42 Å². The molecule has 0 aliphatic rings. The van der Waals surface area contributed by atoms with Crippen molar-refractivity contribution in [2.24, 2.45) is 0 Å². The van der Waals surface area contributed by atoms with Gasteiger partial charge in [-0.25, -0.2) is 4.39 Å². The van der Waals surface area contributed by atoms with Crippen molar-refractivity contribution in [2.45, 2.75) is 19.8 Å². The number of hydrogen-bond donors (Lipinski definition) is 0. The van der Waals surface area contributed by atoms with Crippen LogP contribution in [0.3, 0.4) is 0 Å². The molecule has 0 N–H and O–H groups in total. The monoisotopic (exact) mass is 272 g/mol. The van der Waals surface area contributed by atoms with Gasteiger partial charge in [-0.1, -0.05) is 30.3 Å². The van der Waals surface area contributed by atoms with Crippen LogP contribution in [0.4, 0.5) is 4.39 Å². The summed E-state index contributed by atoms with van der Waals surface area (Å²) in [5.74, 6) is -0.679. The number of ketones is 1. The van der Waals surface area contributed by atoms with E-state index in [1.165, 1.54) is 19.2 Å². The van der Waals surface area contributed by atoms with Gasteiger partial charge >= 0.3 is 0 Å². The van der Waals surface area contributed by atoms with Crippen molar-refractivity contribution in [3.8, 4) is 5.75 Å². The zero-order valence-corrected chi connectivity index (χ0v) is 11.7. The van der Waals surface area contributed by atoms with Crippen molar-refractivity contribution in [3.05, 3.63) is 65.0 Å². The van der Waals surface area contributed by atoms with Crippen molar-refractivity contribution in [2.75, 3.05) is 7.11 Å². The second-order valence-corrected chi connectivity index (χ2v) is 4.67. The van der Waals surface area contributed by atoms with E-state index < -0.39 is 5.82 Å². The summed E-state index contributed by atoms with van der Waals surface area (Å²) in [6, 6.07) is 12.5. The Morgan fingerprint density at radius 3 is 2.60 bits per heavy atom. The predicted molar refractivity (Wildman–Crippen MR) is 76.8 cm³/mol. The molecule has 0 aliphatic carbocycles. The first kappa shape index (κ1) is 14.3. The molecule has 0 fully saturated rings. The van der Waals surface area contributed by atoms with Crippen molar-refractivity contribution in [1.82, 2.24) is 0 Å². The zero-order valence-electron chi connectivity index (χ0n) is 11.7. The van der Waals surface area contributed by atoms with Crippen molar-refractivity contribution in [1.29, 1.82) is 0 Å². The van der Waals surface area contributed by atoms with Gasteiger partial charge in [0.2, 0.25) is 0 Å². The molecular formula is C17H17FO2. The fraction of sp³-hybridized carbons (Fsp3) is 0.235. The maximum Gasteiger partial charge on any atom is 0.175 e. The van der Waals surface area contributed by atoms with Crippen molar-refractivity contribution in [3.63, 3.8) is 0 Å². The molecule has 0 atom stereocenters. The molecule has 0 heterocycles. The Bertz CT molecular complexity index is 620. The molecule has 0 aliphatic heterocycles. The maximum atomic E-state index is 14.0. The van der Waals surface area contributed by atoms with Crippen molar-refractivity contribution < 1.29 is 13.9 Å². The van der Waals surface area contributed by atoms with Crippen LogP contribution in [0.2, 0.25) is 0 Å². The van der Waals surface area contributed by atoms with Gasteiger partial charge in [-0.2, -0.15) is 0 Å². The Labute approximate surface area is 118 Å². The van der Waals surface area contributed by atoms with Crippen LogP contribution in [0.5, 0.6) is 5.75 Å². The lowest BCUT2D eigenvalue weighted by molar-refractivity contribution is 0.0978. The number of methoxy groups -OCH3 is 1. The summed E-state index contributed by atoms with van der Waals surface area (Å²) in [5, 5.41) is 0. The van der Waals surface area contributed by atoms with Crippen LogP contribution < -0.4 is 4.74 Å². The van der Waals surface area contributed by atoms with Gasteiger partial charge in [-0.3, -0.25) is 4.79 Å². The minimum absolute atomic E-state index is 0.0953. The van der Waals surface area contributed by atoms with E-state index in [0.717, 1.165) is 11.1 Å². The van der Waals surface area contributed by atoms with E-state index >= 15 is 0 Å². The second kappa shape index (κ2) is 6.33. The molecule has 0 spiro atoms. The van der Waals surface area contributed by atoms with E-state index in [-0.39, 0.29) is 23.5 Å². The zero-order chi connectivity index (χ0) is 14.5. The number of benzene rings is 2. The van der Waals surface area contributed by atoms with Crippen LogP contribution in [0.1, 0.15) is 27.9 Å². The summed E-state index contributed by atoms with van der Waals surface area (Å²) in [6.45, 7) is 2.01. The van der Waals surface area contributed by atoms with Crippen LogP contribution in [0, 0.1) is 12.7 Å². The lowest BCUT2D eigenvalue weighted by Gasteiger charge is -2.08. The molecule has 0 saturated carbocycles. The van der Waals surface area contributed by atoms with Crippen LogP contribution in [-0.2, 0) is 6.42 Å². The summed E-state index contributed by atoms with van der Waals surface area (Å²) < 4.78 is 18.9. The van der Waals surface area contributed by atoms with E-state index in [4.69, 9.17) is 4.74 Å². The van der Waals surface area contributed by atoms with Crippen LogP contribution in [-0.4, -0.2) is 12.9 Å². The molecule has 20 heavy (non-hydrogen) atoms. The highest BCUT2D eigenvalue weighted by Crippen LogP contribution is 2.22. The van der Waals surface area contributed by atoms with Gasteiger partial charge < -0.3 is 4.74 Å². The van der Waals surface area contributed by atoms with Gasteiger partial charge in [0.15, 0.2) is 17.3 Å². The Hall–Kier alpha value is -2.16. The Morgan fingerprint density at radius 1 is 1.15 bits per heavy atom. The summed E-state index contributed by atoms with van der Waals surface area (Å²) >= 11 is 0. The van der Waals surface area contributed by atoms with E-state index in [1.807, 2.05) is 31.2 Å². The van der Waals surface area contributed by atoms with Gasteiger partial charge in [-0.15, -0.1) is 0 Å². The third kappa shape index (κ3) is 3.05. The van der Waals surface area contributed by atoms with Gasteiger partial charge in [0.05, 0.1) is 12.7 Å². The minimum atomic E-state index is -0.579. The van der Waals surface area contributed by atoms with E-state index in [9.17, 15) is 9.18 Å². The lowest BCUT2D eigenvalue weighted by Crippen LogP contribution is -2.05. The minimum Gasteiger partial charge on any atom is -0.494 e. The molecule has 0 amide bonds.